The molecule has 2 aromatic rings. The first-order chi connectivity index (χ1) is 7.50. The third kappa shape index (κ3) is 2.23. The Kier molecular flexibility index (Phi) is 3.79. The zero-order chi connectivity index (χ0) is 11.9. The van der Waals surface area contributed by atoms with Crippen molar-refractivity contribution in [3.8, 4) is 0 Å². The van der Waals surface area contributed by atoms with E-state index < -0.39 is 0 Å². The minimum absolute atomic E-state index is 0.226. The average Bonchev–Trinajstić information content (AvgIpc) is 2.71. The summed E-state index contributed by atoms with van der Waals surface area (Å²) in [5, 5.41) is 3.01. The van der Waals surface area contributed by atoms with Gasteiger partial charge in [-0.2, -0.15) is 0 Å². The second-order valence-electron chi connectivity index (χ2n) is 3.83. The lowest BCUT2D eigenvalue weighted by Gasteiger charge is -2.08. The second kappa shape index (κ2) is 4.81. The highest BCUT2D eigenvalue weighted by Gasteiger charge is 2.20. The molecule has 0 saturated carbocycles. The van der Waals surface area contributed by atoms with E-state index in [0.717, 1.165) is 10.6 Å². The van der Waals surface area contributed by atoms with Gasteiger partial charge in [-0.05, 0) is 43.3 Å². The Morgan fingerprint density at radius 2 is 2.00 bits per heavy atom. The van der Waals surface area contributed by atoms with Crippen molar-refractivity contribution in [2.45, 2.75) is 25.6 Å². The number of thiophene rings is 2. The Morgan fingerprint density at radius 3 is 2.44 bits per heavy atom. The number of hydrogen-bond donors (Lipinski definition) is 0. The Bertz CT molecular complexity index is 511. The molecule has 2 aromatic heterocycles. The summed E-state index contributed by atoms with van der Waals surface area (Å²) in [7, 11) is 0. The molecule has 0 saturated heterocycles. The van der Waals surface area contributed by atoms with E-state index in [2.05, 4.69) is 41.2 Å². The second-order valence-corrected chi connectivity index (χ2v) is 7.49. The van der Waals surface area contributed by atoms with Crippen LogP contribution in [0.3, 0.4) is 0 Å². The van der Waals surface area contributed by atoms with Crippen LogP contribution in [-0.4, -0.2) is 0 Å². The van der Waals surface area contributed by atoms with Crippen molar-refractivity contribution in [2.24, 2.45) is 0 Å². The highest BCUT2D eigenvalue weighted by molar-refractivity contribution is 9.09. The van der Waals surface area contributed by atoms with E-state index >= 15 is 0 Å². The zero-order valence-corrected chi connectivity index (χ0v) is 13.3. The van der Waals surface area contributed by atoms with Gasteiger partial charge in [-0.3, -0.25) is 0 Å². The molecule has 0 bridgehead atoms. The van der Waals surface area contributed by atoms with E-state index in [1.165, 1.54) is 20.2 Å². The quantitative estimate of drug-likeness (QED) is 0.602. The summed E-state index contributed by atoms with van der Waals surface area (Å²) in [6.07, 6.45) is 0. The summed E-state index contributed by atoms with van der Waals surface area (Å²) in [6.45, 7) is 6.35. The van der Waals surface area contributed by atoms with E-state index in [1.54, 1.807) is 11.3 Å². The smallest absolute Gasteiger partial charge is 0.0763 e. The summed E-state index contributed by atoms with van der Waals surface area (Å²) < 4.78 is 0. The lowest BCUT2D eigenvalue weighted by atomic mass is 10.1. The van der Waals surface area contributed by atoms with Crippen LogP contribution in [0, 0.1) is 20.8 Å². The van der Waals surface area contributed by atoms with Crippen molar-refractivity contribution in [2.75, 3.05) is 0 Å². The van der Waals surface area contributed by atoms with Gasteiger partial charge in [0.2, 0.25) is 0 Å². The highest BCUT2D eigenvalue weighted by Crippen LogP contribution is 2.43. The van der Waals surface area contributed by atoms with Crippen LogP contribution in [0.25, 0.3) is 0 Å². The molecule has 0 N–H and O–H groups in total. The minimum Gasteiger partial charge on any atom is -0.146 e. The van der Waals surface area contributed by atoms with Crippen molar-refractivity contribution >= 4 is 50.2 Å². The van der Waals surface area contributed by atoms with Crippen LogP contribution in [0.15, 0.2) is 11.4 Å². The first-order valence-electron chi connectivity index (χ1n) is 4.95. The Labute approximate surface area is 117 Å². The van der Waals surface area contributed by atoms with Gasteiger partial charge in [-0.1, -0.05) is 27.5 Å². The molecule has 0 aliphatic heterocycles. The molecular weight excluding hydrogens is 324 g/mol. The van der Waals surface area contributed by atoms with E-state index in [-0.39, 0.29) is 4.83 Å². The van der Waals surface area contributed by atoms with Crippen molar-refractivity contribution in [1.29, 1.82) is 0 Å². The lowest BCUT2D eigenvalue weighted by molar-refractivity contribution is 1.21. The minimum atomic E-state index is 0.226. The van der Waals surface area contributed by atoms with Gasteiger partial charge in [0.05, 0.1) is 9.85 Å². The predicted molar refractivity (Wildman–Crippen MR) is 78.6 cm³/mol. The molecule has 2 heterocycles. The summed E-state index contributed by atoms with van der Waals surface area (Å²) in [6, 6.07) is 2.24. The summed E-state index contributed by atoms with van der Waals surface area (Å²) in [5.41, 5.74) is 2.50. The van der Waals surface area contributed by atoms with Crippen LogP contribution < -0.4 is 0 Å². The van der Waals surface area contributed by atoms with Gasteiger partial charge in [-0.15, -0.1) is 22.7 Å². The monoisotopic (exact) mass is 334 g/mol. The highest BCUT2D eigenvalue weighted by atomic mass is 79.9. The first kappa shape index (κ1) is 12.6. The van der Waals surface area contributed by atoms with E-state index in [1.807, 2.05) is 18.3 Å². The number of alkyl halides is 1. The summed E-state index contributed by atoms with van der Waals surface area (Å²) in [4.78, 5) is 4.14. The SMILES string of the molecule is Cc1cc(C(Br)c2scc(C)c2Cl)c(C)s1. The standard InChI is InChI=1S/C12H12BrClS2/c1-6-5-15-12(11(6)14)10(13)9-4-7(2)16-8(9)3/h4-5,10H,1-3H3. The summed E-state index contributed by atoms with van der Waals surface area (Å²) >= 11 is 13.6. The molecule has 0 aromatic carbocycles. The number of rotatable bonds is 2. The van der Waals surface area contributed by atoms with Crippen LogP contribution in [-0.2, 0) is 0 Å². The number of aryl methyl sites for hydroxylation is 3. The molecular formula is C12H12BrClS2. The number of hydrogen-bond acceptors (Lipinski definition) is 2. The van der Waals surface area contributed by atoms with Gasteiger partial charge < -0.3 is 0 Å². The number of halogens is 2. The molecule has 2 rings (SSSR count). The molecule has 0 spiro atoms. The van der Waals surface area contributed by atoms with Crippen LogP contribution >= 0.6 is 50.2 Å². The topological polar surface area (TPSA) is 0 Å². The summed E-state index contributed by atoms with van der Waals surface area (Å²) in [5.74, 6) is 0. The van der Waals surface area contributed by atoms with Crippen LogP contribution in [0.4, 0.5) is 0 Å². The molecule has 0 aliphatic rings. The van der Waals surface area contributed by atoms with Gasteiger partial charge >= 0.3 is 0 Å². The molecule has 1 atom stereocenters. The lowest BCUT2D eigenvalue weighted by Crippen LogP contribution is -1.90. The van der Waals surface area contributed by atoms with Gasteiger partial charge in [0.1, 0.15) is 0 Å². The Balaban J connectivity index is 2.42. The average molecular weight is 336 g/mol. The van der Waals surface area contributed by atoms with Gasteiger partial charge in [0, 0.05) is 14.6 Å². The third-order valence-electron chi connectivity index (χ3n) is 2.51. The van der Waals surface area contributed by atoms with Gasteiger partial charge in [0.15, 0.2) is 0 Å². The van der Waals surface area contributed by atoms with E-state index in [9.17, 15) is 0 Å². The molecule has 0 nitrogen and oxygen atoms in total. The fourth-order valence-corrected chi connectivity index (χ4v) is 5.23. The van der Waals surface area contributed by atoms with E-state index in [0.29, 0.717) is 0 Å². The fourth-order valence-electron chi connectivity index (χ4n) is 1.66. The van der Waals surface area contributed by atoms with Gasteiger partial charge in [-0.25, -0.2) is 0 Å². The first-order valence-corrected chi connectivity index (χ1v) is 7.94. The van der Waals surface area contributed by atoms with Crippen molar-refractivity contribution in [1.82, 2.24) is 0 Å². The predicted octanol–water partition coefficient (Wildman–Crippen LogP) is 5.87. The normalized spacial score (nSPS) is 13.1. The Morgan fingerprint density at radius 1 is 1.31 bits per heavy atom. The molecule has 86 valence electrons. The fraction of sp³-hybridized carbons (Fsp3) is 0.333. The maximum Gasteiger partial charge on any atom is 0.0763 e. The van der Waals surface area contributed by atoms with Crippen molar-refractivity contribution in [3.05, 3.63) is 42.2 Å². The van der Waals surface area contributed by atoms with Crippen LogP contribution in [0.2, 0.25) is 5.02 Å². The third-order valence-corrected chi connectivity index (χ3v) is 6.52. The molecule has 4 heteroatoms. The van der Waals surface area contributed by atoms with Crippen molar-refractivity contribution < 1.29 is 0 Å². The molecule has 1 unspecified atom stereocenters. The molecule has 0 radical (unpaired) electrons. The molecule has 0 aliphatic carbocycles. The zero-order valence-electron chi connectivity index (χ0n) is 9.30. The maximum absolute atomic E-state index is 6.30. The Hall–Kier alpha value is 0.170. The van der Waals surface area contributed by atoms with Gasteiger partial charge in [0.25, 0.3) is 0 Å². The largest absolute Gasteiger partial charge is 0.146 e. The molecule has 16 heavy (non-hydrogen) atoms. The maximum atomic E-state index is 6.30. The molecule has 0 fully saturated rings. The molecule has 0 amide bonds. The van der Waals surface area contributed by atoms with Crippen LogP contribution in [0.5, 0.6) is 0 Å². The van der Waals surface area contributed by atoms with Crippen molar-refractivity contribution in [3.63, 3.8) is 0 Å². The van der Waals surface area contributed by atoms with E-state index in [4.69, 9.17) is 11.6 Å². The van der Waals surface area contributed by atoms with Crippen LogP contribution in [0.1, 0.15) is 30.6 Å².